The van der Waals surface area contributed by atoms with Gasteiger partial charge in [0.2, 0.25) is 0 Å². The fourth-order valence-corrected chi connectivity index (χ4v) is 2.93. The molecule has 0 aliphatic carbocycles. The highest BCUT2D eigenvalue weighted by Crippen LogP contribution is 2.49. The Labute approximate surface area is 153 Å². The first-order valence-electron chi connectivity index (χ1n) is 8.16. The minimum atomic E-state index is -4.73. The summed E-state index contributed by atoms with van der Waals surface area (Å²) >= 11 is 0. The smallest absolute Gasteiger partial charge is 0.396 e. The summed E-state index contributed by atoms with van der Waals surface area (Å²) in [5, 5.41) is 2.22. The number of halogens is 4. The van der Waals surface area contributed by atoms with Gasteiger partial charge < -0.3 is 19.7 Å². The van der Waals surface area contributed by atoms with Gasteiger partial charge in [-0.1, -0.05) is 0 Å². The molecule has 6 nitrogen and oxygen atoms in total. The second kappa shape index (κ2) is 7.61. The van der Waals surface area contributed by atoms with Crippen LogP contribution < -0.4 is 10.1 Å². The summed E-state index contributed by atoms with van der Waals surface area (Å²) in [5.74, 6) is -3.17. The van der Waals surface area contributed by atoms with Crippen LogP contribution in [-0.2, 0) is 9.53 Å². The molecule has 0 radical (unpaired) electrons. The minimum absolute atomic E-state index is 0.0769. The average molecular weight is 392 g/mol. The van der Waals surface area contributed by atoms with Gasteiger partial charge in [0, 0.05) is 19.2 Å². The number of rotatable bonds is 4. The lowest BCUT2D eigenvalue weighted by atomic mass is 9.79. The van der Waals surface area contributed by atoms with Crippen molar-refractivity contribution in [1.82, 2.24) is 4.90 Å². The number of hydrogen-bond acceptors (Lipinski definition) is 4. The average Bonchev–Trinajstić information content (AvgIpc) is 2.96. The lowest BCUT2D eigenvalue weighted by Crippen LogP contribution is -2.45. The Hall–Kier alpha value is -2.52. The number of benzene rings is 1. The zero-order valence-corrected chi connectivity index (χ0v) is 15.0. The summed E-state index contributed by atoms with van der Waals surface area (Å²) in [5.41, 5.74) is -2.68. The minimum Gasteiger partial charge on any atom is -0.497 e. The molecule has 150 valence electrons. The quantitative estimate of drug-likeness (QED) is 0.630. The van der Waals surface area contributed by atoms with Gasteiger partial charge in [0.25, 0.3) is 0 Å². The van der Waals surface area contributed by atoms with E-state index in [0.29, 0.717) is 0 Å². The molecule has 1 heterocycles. The van der Waals surface area contributed by atoms with Crippen molar-refractivity contribution in [2.75, 3.05) is 32.1 Å². The third-order valence-corrected chi connectivity index (χ3v) is 4.62. The summed E-state index contributed by atoms with van der Waals surface area (Å²) < 4.78 is 64.2. The zero-order valence-electron chi connectivity index (χ0n) is 15.0. The number of hydrogen-bond donors (Lipinski definition) is 1. The third kappa shape index (κ3) is 4.09. The lowest BCUT2D eigenvalue weighted by molar-refractivity contribution is -0.229. The Morgan fingerprint density at radius 2 is 2.04 bits per heavy atom. The van der Waals surface area contributed by atoms with E-state index in [2.05, 4.69) is 5.32 Å². The van der Waals surface area contributed by atoms with Crippen molar-refractivity contribution in [3.05, 3.63) is 24.0 Å². The molecule has 1 aromatic carbocycles. The molecule has 1 aliphatic heterocycles. The first-order chi connectivity index (χ1) is 12.5. The van der Waals surface area contributed by atoms with Crippen LogP contribution in [0.4, 0.5) is 28.0 Å². The highest BCUT2D eigenvalue weighted by atomic mass is 19.4. The largest absolute Gasteiger partial charge is 0.497 e. The van der Waals surface area contributed by atoms with E-state index in [9.17, 15) is 27.2 Å². The van der Waals surface area contributed by atoms with Crippen LogP contribution in [0.1, 0.15) is 13.8 Å². The predicted molar refractivity (Wildman–Crippen MR) is 87.8 cm³/mol. The van der Waals surface area contributed by atoms with Crippen LogP contribution in [0.2, 0.25) is 0 Å². The molecule has 0 aromatic heterocycles. The number of carbonyl (C=O) groups excluding carboxylic acids is 2. The van der Waals surface area contributed by atoms with Crippen LogP contribution in [0.3, 0.4) is 0 Å². The van der Waals surface area contributed by atoms with Crippen molar-refractivity contribution in [3.63, 3.8) is 0 Å². The number of urea groups is 1. The molecule has 1 fully saturated rings. The van der Waals surface area contributed by atoms with Gasteiger partial charge in [-0.25, -0.2) is 9.18 Å². The Morgan fingerprint density at radius 1 is 1.37 bits per heavy atom. The molecule has 0 spiro atoms. The third-order valence-electron chi connectivity index (χ3n) is 4.62. The van der Waals surface area contributed by atoms with Gasteiger partial charge in [0.05, 0.1) is 30.7 Å². The number of ether oxygens (including phenoxy) is 2. The van der Waals surface area contributed by atoms with E-state index < -0.39 is 48.4 Å². The summed E-state index contributed by atoms with van der Waals surface area (Å²) in [4.78, 5) is 25.2. The molecule has 2 unspecified atom stereocenters. The van der Waals surface area contributed by atoms with Gasteiger partial charge >= 0.3 is 18.2 Å². The van der Waals surface area contributed by atoms with Crippen LogP contribution in [0.25, 0.3) is 0 Å². The summed E-state index contributed by atoms with van der Waals surface area (Å²) in [6.45, 7) is 1.04. The summed E-state index contributed by atoms with van der Waals surface area (Å²) in [6.07, 6.45) is -4.73. The van der Waals surface area contributed by atoms with Gasteiger partial charge in [-0.15, -0.1) is 0 Å². The van der Waals surface area contributed by atoms with E-state index >= 15 is 0 Å². The Kier molecular flexibility index (Phi) is 5.86. The van der Waals surface area contributed by atoms with Crippen molar-refractivity contribution in [3.8, 4) is 5.75 Å². The van der Waals surface area contributed by atoms with Crippen molar-refractivity contribution in [2.45, 2.75) is 20.0 Å². The number of amides is 2. The Balaban J connectivity index is 2.21. The maximum atomic E-state index is 14.0. The van der Waals surface area contributed by atoms with Crippen LogP contribution in [0, 0.1) is 17.2 Å². The molecule has 10 heteroatoms. The highest BCUT2D eigenvalue weighted by molar-refractivity contribution is 5.90. The number of alkyl halides is 3. The van der Waals surface area contributed by atoms with Crippen LogP contribution in [-0.4, -0.2) is 49.9 Å². The first-order valence-corrected chi connectivity index (χ1v) is 8.16. The number of likely N-dealkylation sites (tertiary alicyclic amines) is 1. The standard InChI is InChI=1S/C17H20F4N2O4/c1-4-27-14(24)11-8-23(9-16(11,2)17(19,20)21)15(25)22-13-6-5-10(26-3)7-12(13)18/h5-7,11H,4,8-9H2,1-3H3,(H,22,25). The van der Waals surface area contributed by atoms with Crippen LogP contribution >= 0.6 is 0 Å². The predicted octanol–water partition coefficient (Wildman–Crippen LogP) is 3.43. The first kappa shape index (κ1) is 20.8. The SMILES string of the molecule is CCOC(=O)C1CN(C(=O)Nc2ccc(OC)cc2F)CC1(C)C(F)(F)F. The maximum absolute atomic E-state index is 14.0. The van der Waals surface area contributed by atoms with E-state index in [-0.39, 0.29) is 18.0 Å². The van der Waals surface area contributed by atoms with Crippen LogP contribution in [0.15, 0.2) is 18.2 Å². The normalized spacial score (nSPS) is 22.5. The molecular formula is C17H20F4N2O4. The van der Waals surface area contributed by atoms with Crippen molar-refractivity contribution in [2.24, 2.45) is 11.3 Å². The van der Waals surface area contributed by atoms with E-state index in [1.165, 1.54) is 26.2 Å². The van der Waals surface area contributed by atoms with Gasteiger partial charge in [0.15, 0.2) is 0 Å². The number of anilines is 1. The molecule has 1 saturated heterocycles. The fraction of sp³-hybridized carbons (Fsp3) is 0.529. The van der Waals surface area contributed by atoms with E-state index in [0.717, 1.165) is 17.9 Å². The van der Waals surface area contributed by atoms with Crippen molar-refractivity contribution < 1.29 is 36.6 Å². The van der Waals surface area contributed by atoms with Gasteiger partial charge in [-0.3, -0.25) is 4.79 Å². The molecule has 1 aromatic rings. The molecule has 2 atom stereocenters. The fourth-order valence-electron chi connectivity index (χ4n) is 2.93. The topological polar surface area (TPSA) is 67.9 Å². The molecule has 1 N–H and O–H groups in total. The molecule has 1 aliphatic rings. The summed E-state index contributed by atoms with van der Waals surface area (Å²) in [7, 11) is 1.34. The monoisotopic (exact) mass is 392 g/mol. The number of nitrogens with zero attached hydrogens (tertiary/aromatic N) is 1. The highest BCUT2D eigenvalue weighted by Gasteiger charge is 2.63. The second-order valence-corrected chi connectivity index (χ2v) is 6.38. The summed E-state index contributed by atoms with van der Waals surface area (Å²) in [6, 6.07) is 2.71. The van der Waals surface area contributed by atoms with Crippen LogP contribution in [0.5, 0.6) is 5.75 Å². The number of methoxy groups -OCH3 is 1. The van der Waals surface area contributed by atoms with Gasteiger partial charge in [-0.05, 0) is 26.0 Å². The van der Waals surface area contributed by atoms with Crippen molar-refractivity contribution in [1.29, 1.82) is 0 Å². The Bertz CT molecular complexity index is 725. The van der Waals surface area contributed by atoms with E-state index in [1.807, 2.05) is 0 Å². The molecule has 0 bridgehead atoms. The Morgan fingerprint density at radius 3 is 2.56 bits per heavy atom. The number of carbonyl (C=O) groups is 2. The maximum Gasteiger partial charge on any atom is 0.396 e. The number of nitrogens with one attached hydrogen (secondary N) is 1. The van der Waals surface area contributed by atoms with Gasteiger partial charge in [0.1, 0.15) is 11.6 Å². The number of esters is 1. The molecular weight excluding hydrogens is 372 g/mol. The molecule has 27 heavy (non-hydrogen) atoms. The van der Waals surface area contributed by atoms with Crippen molar-refractivity contribution >= 4 is 17.7 Å². The van der Waals surface area contributed by atoms with Gasteiger partial charge in [-0.2, -0.15) is 13.2 Å². The molecule has 0 saturated carbocycles. The van der Waals surface area contributed by atoms with E-state index in [1.54, 1.807) is 0 Å². The van der Waals surface area contributed by atoms with E-state index in [4.69, 9.17) is 9.47 Å². The zero-order chi connectivity index (χ0) is 20.4. The molecule has 2 amide bonds. The lowest BCUT2D eigenvalue weighted by Gasteiger charge is -2.31. The second-order valence-electron chi connectivity index (χ2n) is 6.38. The molecule has 2 rings (SSSR count).